The van der Waals surface area contributed by atoms with Crippen LogP contribution in [0.1, 0.15) is 11.1 Å². The van der Waals surface area contributed by atoms with Crippen LogP contribution in [0.15, 0.2) is 47.4 Å². The van der Waals surface area contributed by atoms with Crippen LogP contribution in [0.5, 0.6) is 5.75 Å². The van der Waals surface area contributed by atoms with Crippen LogP contribution in [0.25, 0.3) is 0 Å². The van der Waals surface area contributed by atoms with Crippen molar-refractivity contribution >= 4 is 21.6 Å². The Morgan fingerprint density at radius 2 is 1.61 bits per heavy atom. The molecule has 0 atom stereocenters. The quantitative estimate of drug-likeness (QED) is 0.726. The lowest BCUT2D eigenvalue weighted by Gasteiger charge is -2.12. The minimum atomic E-state index is -4.66. The zero-order valence-corrected chi connectivity index (χ0v) is 15.9. The number of halogens is 3. The number of rotatable bonds is 7. The van der Waals surface area contributed by atoms with Crippen molar-refractivity contribution in [2.75, 3.05) is 18.5 Å². The average Bonchev–Trinajstić information content (AvgIpc) is 2.60. The van der Waals surface area contributed by atoms with Crippen molar-refractivity contribution in [2.45, 2.75) is 24.9 Å². The van der Waals surface area contributed by atoms with Gasteiger partial charge in [-0.25, -0.2) is 13.1 Å². The highest BCUT2D eigenvalue weighted by Gasteiger charge is 2.30. The minimum Gasteiger partial charge on any atom is -0.483 e. The molecule has 2 rings (SSSR count). The van der Waals surface area contributed by atoms with E-state index in [1.54, 1.807) is 0 Å². The van der Waals surface area contributed by atoms with Crippen LogP contribution in [-0.2, 0) is 14.8 Å². The molecule has 0 fully saturated rings. The van der Waals surface area contributed by atoms with E-state index >= 15 is 0 Å². The van der Waals surface area contributed by atoms with Crippen molar-refractivity contribution in [3.63, 3.8) is 0 Å². The fourth-order valence-electron chi connectivity index (χ4n) is 2.34. The van der Waals surface area contributed by atoms with Gasteiger partial charge in [0.2, 0.25) is 10.0 Å². The number of aryl methyl sites for hydroxylation is 2. The van der Waals surface area contributed by atoms with E-state index in [9.17, 15) is 26.4 Å². The lowest BCUT2D eigenvalue weighted by Crippen LogP contribution is -2.33. The monoisotopic (exact) mass is 416 g/mol. The standard InChI is InChI=1S/C18H19F3N2O4S/c1-12-4-3-5-13(2)17(12)27-10-16(24)23-14-6-8-15(9-7-14)28(25,26)22-11-18(19,20)21/h3-9,22H,10-11H2,1-2H3,(H,23,24). The van der Waals surface area contributed by atoms with Crippen molar-refractivity contribution in [3.05, 3.63) is 53.6 Å². The van der Waals surface area contributed by atoms with Crippen LogP contribution >= 0.6 is 0 Å². The molecule has 10 heteroatoms. The second-order valence-corrected chi connectivity index (χ2v) is 7.79. The molecule has 0 spiro atoms. The highest BCUT2D eigenvalue weighted by atomic mass is 32.2. The Labute approximate surface area is 160 Å². The molecule has 2 aromatic rings. The second kappa shape index (κ2) is 8.61. The van der Waals surface area contributed by atoms with E-state index in [1.807, 2.05) is 32.0 Å². The van der Waals surface area contributed by atoms with Gasteiger partial charge in [-0.2, -0.15) is 13.2 Å². The lowest BCUT2D eigenvalue weighted by atomic mass is 10.1. The Bertz CT molecular complexity index is 922. The van der Waals surface area contributed by atoms with E-state index in [0.717, 1.165) is 23.3 Å². The Kier molecular flexibility index (Phi) is 6.68. The topological polar surface area (TPSA) is 84.5 Å². The van der Waals surface area contributed by atoms with Gasteiger partial charge < -0.3 is 10.1 Å². The van der Waals surface area contributed by atoms with E-state index in [4.69, 9.17) is 4.74 Å². The predicted molar refractivity (Wildman–Crippen MR) is 97.7 cm³/mol. The van der Waals surface area contributed by atoms with Crippen LogP contribution in [0.4, 0.5) is 18.9 Å². The van der Waals surface area contributed by atoms with Gasteiger partial charge in [-0.05, 0) is 49.2 Å². The molecule has 28 heavy (non-hydrogen) atoms. The molecule has 0 aliphatic heterocycles. The van der Waals surface area contributed by atoms with Gasteiger partial charge in [0.15, 0.2) is 6.61 Å². The van der Waals surface area contributed by atoms with Crippen LogP contribution in [0, 0.1) is 13.8 Å². The first-order chi connectivity index (χ1) is 13.0. The largest absolute Gasteiger partial charge is 0.483 e. The van der Waals surface area contributed by atoms with Gasteiger partial charge >= 0.3 is 6.18 Å². The van der Waals surface area contributed by atoms with Gasteiger partial charge in [0.25, 0.3) is 5.91 Å². The van der Waals surface area contributed by atoms with Gasteiger partial charge in [0.05, 0.1) is 4.90 Å². The molecule has 0 saturated heterocycles. The van der Waals surface area contributed by atoms with Gasteiger partial charge in [0.1, 0.15) is 12.3 Å². The van der Waals surface area contributed by atoms with Gasteiger partial charge in [-0.1, -0.05) is 18.2 Å². The number of carbonyl (C=O) groups is 1. The number of ether oxygens (including phenoxy) is 1. The van der Waals surface area contributed by atoms with Crippen molar-refractivity contribution in [1.29, 1.82) is 0 Å². The number of alkyl halides is 3. The summed E-state index contributed by atoms with van der Waals surface area (Å²) in [4.78, 5) is 11.7. The molecule has 0 unspecified atom stereocenters. The van der Waals surface area contributed by atoms with E-state index in [1.165, 1.54) is 16.9 Å². The third kappa shape index (κ3) is 6.24. The third-order valence-corrected chi connectivity index (χ3v) is 5.08. The summed E-state index contributed by atoms with van der Waals surface area (Å²) in [6, 6.07) is 10.3. The van der Waals surface area contributed by atoms with E-state index in [-0.39, 0.29) is 17.2 Å². The number of amides is 1. The summed E-state index contributed by atoms with van der Waals surface area (Å²) in [5, 5.41) is 2.53. The number of carbonyl (C=O) groups excluding carboxylic acids is 1. The Morgan fingerprint density at radius 3 is 2.14 bits per heavy atom. The lowest BCUT2D eigenvalue weighted by molar-refractivity contribution is -0.121. The second-order valence-electron chi connectivity index (χ2n) is 6.02. The van der Waals surface area contributed by atoms with Crippen molar-refractivity contribution < 1.29 is 31.1 Å². The molecule has 2 N–H and O–H groups in total. The SMILES string of the molecule is Cc1cccc(C)c1OCC(=O)Nc1ccc(S(=O)(=O)NCC(F)(F)F)cc1. The van der Waals surface area contributed by atoms with E-state index in [0.29, 0.717) is 5.75 Å². The van der Waals surface area contributed by atoms with Gasteiger partial charge in [0, 0.05) is 5.69 Å². The summed E-state index contributed by atoms with van der Waals surface area (Å²) in [6.45, 7) is 1.79. The molecule has 0 heterocycles. The summed E-state index contributed by atoms with van der Waals surface area (Å²) in [7, 11) is -4.30. The molecule has 2 aromatic carbocycles. The summed E-state index contributed by atoms with van der Waals surface area (Å²) in [6.07, 6.45) is -4.66. The van der Waals surface area contributed by atoms with Crippen molar-refractivity contribution in [1.82, 2.24) is 4.72 Å². The molecular formula is C18H19F3N2O4S. The van der Waals surface area contributed by atoms with Gasteiger partial charge in [-0.15, -0.1) is 0 Å². The predicted octanol–water partition coefficient (Wildman–Crippen LogP) is 3.16. The maximum atomic E-state index is 12.2. The molecule has 0 aromatic heterocycles. The maximum absolute atomic E-state index is 12.2. The molecule has 1 amide bonds. The van der Waals surface area contributed by atoms with Gasteiger partial charge in [-0.3, -0.25) is 4.79 Å². The molecular weight excluding hydrogens is 397 g/mol. The third-order valence-electron chi connectivity index (χ3n) is 3.67. The minimum absolute atomic E-state index is 0.251. The van der Waals surface area contributed by atoms with Crippen LogP contribution in [0.3, 0.4) is 0 Å². The number of anilines is 1. The van der Waals surface area contributed by atoms with Crippen molar-refractivity contribution in [2.24, 2.45) is 0 Å². The molecule has 0 bridgehead atoms. The molecule has 0 saturated carbocycles. The fourth-order valence-corrected chi connectivity index (χ4v) is 3.35. The Hall–Kier alpha value is -2.59. The molecule has 6 nitrogen and oxygen atoms in total. The highest BCUT2D eigenvalue weighted by Crippen LogP contribution is 2.22. The first-order valence-corrected chi connectivity index (χ1v) is 9.61. The Balaban J connectivity index is 1.95. The smallest absolute Gasteiger partial charge is 0.402 e. The summed E-state index contributed by atoms with van der Waals surface area (Å²) >= 11 is 0. The number of para-hydroxylation sites is 1. The normalized spacial score (nSPS) is 11.9. The van der Waals surface area contributed by atoms with Crippen LogP contribution in [-0.4, -0.2) is 33.7 Å². The number of hydrogen-bond donors (Lipinski definition) is 2. The zero-order valence-electron chi connectivity index (χ0n) is 15.1. The molecule has 152 valence electrons. The molecule has 0 radical (unpaired) electrons. The van der Waals surface area contributed by atoms with E-state index in [2.05, 4.69) is 5.32 Å². The highest BCUT2D eigenvalue weighted by molar-refractivity contribution is 7.89. The average molecular weight is 416 g/mol. The number of benzene rings is 2. The maximum Gasteiger partial charge on any atom is 0.402 e. The number of nitrogens with one attached hydrogen (secondary N) is 2. The summed E-state index contributed by atoms with van der Waals surface area (Å²) < 4.78 is 67.1. The first-order valence-electron chi connectivity index (χ1n) is 8.13. The first kappa shape index (κ1) is 21.7. The zero-order chi connectivity index (χ0) is 20.9. The number of sulfonamides is 1. The number of hydrogen-bond acceptors (Lipinski definition) is 4. The summed E-state index contributed by atoms with van der Waals surface area (Å²) in [5.41, 5.74) is 2.05. The Morgan fingerprint density at radius 1 is 1.04 bits per heavy atom. The van der Waals surface area contributed by atoms with Crippen LogP contribution in [0.2, 0.25) is 0 Å². The van der Waals surface area contributed by atoms with Crippen molar-refractivity contribution in [3.8, 4) is 5.75 Å². The molecule has 0 aliphatic carbocycles. The molecule has 0 aliphatic rings. The summed E-state index contributed by atoms with van der Waals surface area (Å²) in [5.74, 6) is 0.142. The van der Waals surface area contributed by atoms with Crippen LogP contribution < -0.4 is 14.8 Å². The fraction of sp³-hybridized carbons (Fsp3) is 0.278. The van der Waals surface area contributed by atoms with E-state index < -0.39 is 28.7 Å².